The van der Waals surface area contributed by atoms with Crippen molar-refractivity contribution in [2.75, 3.05) is 5.88 Å². The van der Waals surface area contributed by atoms with Crippen LogP contribution in [0.3, 0.4) is 0 Å². The Morgan fingerprint density at radius 2 is 1.65 bits per heavy atom. The molecule has 0 radical (unpaired) electrons. The molecule has 2 rings (SSSR count). The van der Waals surface area contributed by atoms with Gasteiger partial charge in [-0.15, -0.1) is 11.6 Å². The lowest BCUT2D eigenvalue weighted by Gasteiger charge is -1.96. The third-order valence-corrected chi connectivity index (χ3v) is 3.57. The van der Waals surface area contributed by atoms with E-state index in [0.29, 0.717) is 0 Å². The molecule has 0 fully saturated rings. The van der Waals surface area contributed by atoms with Crippen LogP contribution >= 0.6 is 11.6 Å². The topological polar surface area (TPSA) is 17.1 Å². The van der Waals surface area contributed by atoms with Crippen LogP contribution in [0, 0.1) is 6.92 Å². The molecule has 0 unspecified atom stereocenters. The summed E-state index contributed by atoms with van der Waals surface area (Å²) in [4.78, 5) is 11.8. The van der Waals surface area contributed by atoms with Crippen molar-refractivity contribution in [3.63, 3.8) is 0 Å². The van der Waals surface area contributed by atoms with E-state index in [0.717, 1.165) is 17.0 Å². The third kappa shape index (κ3) is 8.37. The summed E-state index contributed by atoms with van der Waals surface area (Å²) in [6.07, 6.45) is 7.18. The first-order valence-corrected chi connectivity index (χ1v) is 8.61. The molecule has 0 aliphatic rings. The molecule has 0 aliphatic heterocycles. The maximum Gasteiger partial charge on any atom is 0.185 e. The summed E-state index contributed by atoms with van der Waals surface area (Å²) in [6, 6.07) is 17.4. The van der Waals surface area contributed by atoms with E-state index in [9.17, 15) is 4.79 Å². The van der Waals surface area contributed by atoms with Crippen LogP contribution < -0.4 is 0 Å². The van der Waals surface area contributed by atoms with E-state index >= 15 is 0 Å². The molecular weight excluding hydrogens is 304 g/mol. The first-order valence-electron chi connectivity index (χ1n) is 8.07. The summed E-state index contributed by atoms with van der Waals surface area (Å²) in [5, 5.41) is 0. The number of hydrogen-bond donors (Lipinski definition) is 0. The number of hydrogen-bond acceptors (Lipinski definition) is 1. The predicted octanol–water partition coefficient (Wildman–Crippen LogP) is 6.31. The zero-order valence-corrected chi connectivity index (χ0v) is 14.7. The molecule has 2 heteroatoms. The third-order valence-electron chi connectivity index (χ3n) is 3.30. The van der Waals surface area contributed by atoms with E-state index in [1.165, 1.54) is 24.8 Å². The van der Waals surface area contributed by atoms with Crippen LogP contribution in [0.5, 0.6) is 0 Å². The van der Waals surface area contributed by atoms with Gasteiger partial charge in [0.15, 0.2) is 5.78 Å². The van der Waals surface area contributed by atoms with Crippen LogP contribution in [0.15, 0.2) is 60.7 Å². The summed E-state index contributed by atoms with van der Waals surface area (Å²) in [5.41, 5.74) is 2.98. The molecule has 0 amide bonds. The molecule has 122 valence electrons. The minimum Gasteiger partial charge on any atom is -0.289 e. The van der Waals surface area contributed by atoms with Crippen LogP contribution in [0.1, 0.15) is 47.7 Å². The molecule has 0 atom stereocenters. The standard InChI is InChI=1S/C16H14O.C5H11Cl/c1-13-7-9-14(10-8-13)11-12-16(17)15-5-3-2-4-6-15;1-2-3-4-5-6/h2-12H,1H3;2-5H2,1H3. The van der Waals surface area contributed by atoms with E-state index in [-0.39, 0.29) is 5.78 Å². The minimum atomic E-state index is 0.0335. The highest BCUT2D eigenvalue weighted by Crippen LogP contribution is 2.07. The predicted molar refractivity (Wildman–Crippen MR) is 101 cm³/mol. The Morgan fingerprint density at radius 1 is 1.00 bits per heavy atom. The summed E-state index contributed by atoms with van der Waals surface area (Å²) in [6.45, 7) is 4.22. The van der Waals surface area contributed by atoms with Gasteiger partial charge < -0.3 is 0 Å². The van der Waals surface area contributed by atoms with Gasteiger partial charge in [-0.25, -0.2) is 0 Å². The lowest BCUT2D eigenvalue weighted by molar-refractivity contribution is 0.104. The van der Waals surface area contributed by atoms with Crippen molar-refractivity contribution >= 4 is 23.5 Å². The summed E-state index contributed by atoms with van der Waals surface area (Å²) < 4.78 is 0. The molecule has 0 aromatic heterocycles. The normalized spacial score (nSPS) is 10.2. The van der Waals surface area contributed by atoms with Gasteiger partial charge in [-0.2, -0.15) is 0 Å². The fourth-order valence-corrected chi connectivity index (χ4v) is 2.08. The maximum absolute atomic E-state index is 11.8. The van der Waals surface area contributed by atoms with Gasteiger partial charge in [-0.1, -0.05) is 86.0 Å². The second-order valence-corrected chi connectivity index (χ2v) is 5.75. The maximum atomic E-state index is 11.8. The zero-order valence-electron chi connectivity index (χ0n) is 14.0. The van der Waals surface area contributed by atoms with Crippen molar-refractivity contribution in [1.82, 2.24) is 0 Å². The summed E-state index contributed by atoms with van der Waals surface area (Å²) in [7, 11) is 0. The van der Waals surface area contributed by atoms with E-state index in [4.69, 9.17) is 11.6 Å². The van der Waals surface area contributed by atoms with E-state index < -0.39 is 0 Å². The van der Waals surface area contributed by atoms with E-state index in [2.05, 4.69) is 6.92 Å². The number of carbonyl (C=O) groups is 1. The molecule has 0 heterocycles. The van der Waals surface area contributed by atoms with Crippen LogP contribution in [0.2, 0.25) is 0 Å². The average molecular weight is 329 g/mol. The fourth-order valence-electron chi connectivity index (χ4n) is 1.89. The number of allylic oxidation sites excluding steroid dienone is 1. The van der Waals surface area contributed by atoms with Crippen molar-refractivity contribution in [3.8, 4) is 0 Å². The minimum absolute atomic E-state index is 0.0335. The smallest absolute Gasteiger partial charge is 0.185 e. The quantitative estimate of drug-likeness (QED) is 0.263. The number of aryl methyl sites for hydroxylation is 1. The Bertz CT molecular complexity index is 581. The van der Waals surface area contributed by atoms with Gasteiger partial charge in [0.2, 0.25) is 0 Å². The van der Waals surface area contributed by atoms with Crippen LogP contribution in [-0.4, -0.2) is 11.7 Å². The molecule has 0 saturated heterocycles. The first kappa shape index (κ1) is 19.2. The highest BCUT2D eigenvalue weighted by molar-refractivity contribution is 6.17. The molecule has 0 saturated carbocycles. The molecule has 0 aliphatic carbocycles. The van der Waals surface area contributed by atoms with Crippen molar-refractivity contribution < 1.29 is 4.79 Å². The Balaban J connectivity index is 0.000000379. The zero-order chi connectivity index (χ0) is 16.9. The number of halogens is 1. The highest BCUT2D eigenvalue weighted by atomic mass is 35.5. The highest BCUT2D eigenvalue weighted by Gasteiger charge is 1.98. The Hall–Kier alpha value is -1.86. The van der Waals surface area contributed by atoms with Crippen molar-refractivity contribution in [3.05, 3.63) is 77.4 Å². The largest absolute Gasteiger partial charge is 0.289 e. The van der Waals surface area contributed by atoms with Gasteiger partial charge in [-0.05, 0) is 25.0 Å². The fraction of sp³-hybridized carbons (Fsp3) is 0.286. The van der Waals surface area contributed by atoms with Crippen LogP contribution in [0.25, 0.3) is 6.08 Å². The lowest BCUT2D eigenvalue weighted by atomic mass is 10.1. The molecule has 0 bridgehead atoms. The summed E-state index contributed by atoms with van der Waals surface area (Å²) >= 11 is 5.38. The Morgan fingerprint density at radius 3 is 2.17 bits per heavy atom. The van der Waals surface area contributed by atoms with Gasteiger partial charge in [0, 0.05) is 11.4 Å². The van der Waals surface area contributed by atoms with Crippen molar-refractivity contribution in [2.24, 2.45) is 0 Å². The molecule has 1 nitrogen and oxygen atoms in total. The lowest BCUT2D eigenvalue weighted by Crippen LogP contribution is -1.92. The Kier molecular flexibility index (Phi) is 9.74. The Labute approximate surface area is 145 Å². The van der Waals surface area contributed by atoms with E-state index in [1.807, 2.05) is 67.6 Å². The number of unbranched alkanes of at least 4 members (excludes halogenated alkanes) is 2. The monoisotopic (exact) mass is 328 g/mol. The molecule has 2 aromatic carbocycles. The van der Waals surface area contributed by atoms with Gasteiger partial charge >= 0.3 is 0 Å². The molecule has 0 N–H and O–H groups in total. The SMILES string of the molecule is CCCCCCl.Cc1ccc(C=CC(=O)c2ccccc2)cc1. The summed E-state index contributed by atoms with van der Waals surface area (Å²) in [5.74, 6) is 0.861. The van der Waals surface area contributed by atoms with Gasteiger partial charge in [-0.3, -0.25) is 4.79 Å². The number of ketones is 1. The molecular formula is C21H25ClO. The van der Waals surface area contributed by atoms with Crippen LogP contribution in [-0.2, 0) is 0 Å². The van der Waals surface area contributed by atoms with Crippen molar-refractivity contribution in [2.45, 2.75) is 33.1 Å². The van der Waals surface area contributed by atoms with Gasteiger partial charge in [0.1, 0.15) is 0 Å². The molecule has 23 heavy (non-hydrogen) atoms. The second kappa shape index (κ2) is 11.7. The average Bonchev–Trinajstić information content (AvgIpc) is 2.60. The number of carbonyl (C=O) groups excluding carboxylic acids is 1. The number of benzene rings is 2. The molecule has 0 spiro atoms. The van der Waals surface area contributed by atoms with Crippen LogP contribution in [0.4, 0.5) is 0 Å². The number of alkyl halides is 1. The number of rotatable bonds is 6. The first-order chi connectivity index (χ1) is 11.2. The van der Waals surface area contributed by atoms with Gasteiger partial charge in [0.25, 0.3) is 0 Å². The molecule has 2 aromatic rings. The van der Waals surface area contributed by atoms with Crippen molar-refractivity contribution in [1.29, 1.82) is 0 Å². The second-order valence-electron chi connectivity index (χ2n) is 5.37. The van der Waals surface area contributed by atoms with Gasteiger partial charge in [0.05, 0.1) is 0 Å². The van der Waals surface area contributed by atoms with E-state index in [1.54, 1.807) is 6.08 Å².